The second-order valence-corrected chi connectivity index (χ2v) is 15.9. The summed E-state index contributed by atoms with van der Waals surface area (Å²) in [4.78, 5) is 0. The third-order valence-electron chi connectivity index (χ3n) is 8.24. The number of ether oxygens (including phenoxy) is 2. The van der Waals surface area contributed by atoms with E-state index in [9.17, 15) is 0 Å². The van der Waals surface area contributed by atoms with E-state index in [0.717, 1.165) is 28.4 Å². The van der Waals surface area contributed by atoms with E-state index in [1.807, 2.05) is 6.07 Å². The zero-order valence-electron chi connectivity index (χ0n) is 22.2. The predicted molar refractivity (Wildman–Crippen MR) is 150 cm³/mol. The van der Waals surface area contributed by atoms with Crippen LogP contribution in [0, 0.1) is 5.41 Å². The van der Waals surface area contributed by atoms with Gasteiger partial charge >= 0.3 is 0 Å². The van der Waals surface area contributed by atoms with E-state index in [1.165, 1.54) is 75.9 Å². The first-order valence-electron chi connectivity index (χ1n) is 13.6. The van der Waals surface area contributed by atoms with E-state index >= 15 is 0 Å². The summed E-state index contributed by atoms with van der Waals surface area (Å²) in [5.41, 5.74) is 4.52. The third-order valence-corrected chi connectivity index (χ3v) is 14.6. The van der Waals surface area contributed by atoms with Crippen molar-refractivity contribution in [2.75, 3.05) is 20.4 Å². The highest BCUT2D eigenvalue weighted by atomic mass is 31.2. The van der Waals surface area contributed by atoms with Crippen molar-refractivity contribution in [1.29, 1.82) is 0 Å². The molecule has 2 nitrogen and oxygen atoms in total. The molecular formula is C31H46O2P+. The number of hydrogen-bond acceptors (Lipinski definition) is 2. The third kappa shape index (κ3) is 5.18. The summed E-state index contributed by atoms with van der Waals surface area (Å²) >= 11 is 0. The molecule has 0 aromatic heterocycles. The highest BCUT2D eigenvalue weighted by Gasteiger charge is 2.56. The highest BCUT2D eigenvalue weighted by Crippen LogP contribution is 2.74. The molecule has 2 aliphatic carbocycles. The van der Waals surface area contributed by atoms with E-state index in [-0.39, 0.29) is 0 Å². The molecule has 0 spiro atoms. The molecule has 2 saturated carbocycles. The minimum atomic E-state index is -1.50. The fraction of sp³-hybridized carbons (Fsp3) is 0.613. The Bertz CT molecular complexity index is 892. The second-order valence-electron chi connectivity index (χ2n) is 11.8. The van der Waals surface area contributed by atoms with Crippen LogP contribution in [0.4, 0.5) is 0 Å². The van der Waals surface area contributed by atoms with Crippen LogP contribution in [0.1, 0.15) is 85.0 Å². The number of benzene rings is 2. The van der Waals surface area contributed by atoms with Gasteiger partial charge in [0.15, 0.2) is 0 Å². The van der Waals surface area contributed by atoms with Crippen LogP contribution in [0.2, 0.25) is 0 Å². The lowest BCUT2D eigenvalue weighted by molar-refractivity contribution is 0.397. The van der Waals surface area contributed by atoms with Gasteiger partial charge < -0.3 is 9.47 Å². The fourth-order valence-electron chi connectivity index (χ4n) is 7.07. The Hall–Kier alpha value is -1.53. The van der Waals surface area contributed by atoms with Crippen molar-refractivity contribution in [1.82, 2.24) is 0 Å². The lowest BCUT2D eigenvalue weighted by atomic mass is 9.99. The van der Waals surface area contributed by atoms with Crippen LogP contribution in [0.5, 0.6) is 11.5 Å². The number of methoxy groups -OCH3 is 2. The summed E-state index contributed by atoms with van der Waals surface area (Å²) in [6.07, 6.45) is 15.5. The molecular weight excluding hydrogens is 435 g/mol. The van der Waals surface area contributed by atoms with Crippen LogP contribution >= 0.6 is 7.26 Å². The minimum Gasteiger partial charge on any atom is -0.496 e. The van der Waals surface area contributed by atoms with E-state index in [0.29, 0.717) is 5.41 Å². The van der Waals surface area contributed by atoms with Crippen molar-refractivity contribution in [2.24, 2.45) is 5.41 Å². The molecule has 0 unspecified atom stereocenters. The maximum absolute atomic E-state index is 5.93. The molecule has 0 aliphatic heterocycles. The molecule has 2 aliphatic rings. The number of rotatable bonds is 7. The zero-order chi connectivity index (χ0) is 24.2. The summed E-state index contributed by atoms with van der Waals surface area (Å²) in [6.45, 7) is 7.46. The van der Waals surface area contributed by atoms with E-state index in [1.54, 1.807) is 19.5 Å². The lowest BCUT2D eigenvalue weighted by Gasteiger charge is -2.46. The number of hydrogen-bond donors (Lipinski definition) is 0. The largest absolute Gasteiger partial charge is 0.496 e. The first-order chi connectivity index (χ1) is 16.4. The first kappa shape index (κ1) is 25.6. The van der Waals surface area contributed by atoms with Crippen molar-refractivity contribution < 1.29 is 9.47 Å². The Kier molecular flexibility index (Phi) is 8.29. The van der Waals surface area contributed by atoms with Crippen molar-refractivity contribution in [2.45, 2.75) is 96.3 Å². The van der Waals surface area contributed by atoms with Gasteiger partial charge in [0, 0.05) is 5.56 Å². The Morgan fingerprint density at radius 2 is 1.21 bits per heavy atom. The molecule has 0 heterocycles. The van der Waals surface area contributed by atoms with Crippen LogP contribution in [-0.4, -0.2) is 31.7 Å². The summed E-state index contributed by atoms with van der Waals surface area (Å²) in [5.74, 6) is 1.85. The predicted octanol–water partition coefficient (Wildman–Crippen LogP) is 8.73. The van der Waals surface area contributed by atoms with Crippen LogP contribution in [0.3, 0.4) is 0 Å². The SMILES string of the molecule is COc1cccc(OC)c1-c1ccccc1[P+](CC(C)(C)C)(C1CCCCC1)C1CCCCC1. The minimum absolute atomic E-state index is 0.306. The van der Waals surface area contributed by atoms with Crippen LogP contribution in [0.25, 0.3) is 11.1 Å². The summed E-state index contributed by atoms with van der Waals surface area (Å²) < 4.78 is 11.9. The fourth-order valence-corrected chi connectivity index (χ4v) is 14.3. The van der Waals surface area contributed by atoms with Gasteiger partial charge in [-0.3, -0.25) is 0 Å². The molecule has 2 aromatic carbocycles. The quantitative estimate of drug-likeness (QED) is 0.368. The van der Waals surface area contributed by atoms with E-state index in [2.05, 4.69) is 57.2 Å². The molecule has 0 amide bonds. The van der Waals surface area contributed by atoms with E-state index in [4.69, 9.17) is 9.47 Å². The van der Waals surface area contributed by atoms with Gasteiger partial charge in [-0.2, -0.15) is 0 Å². The van der Waals surface area contributed by atoms with Crippen molar-refractivity contribution >= 4 is 12.6 Å². The van der Waals surface area contributed by atoms with Gasteiger partial charge in [0.2, 0.25) is 0 Å². The molecule has 0 bridgehead atoms. The molecule has 0 saturated heterocycles. The van der Waals surface area contributed by atoms with Gasteiger partial charge in [-0.1, -0.05) is 57.9 Å². The summed E-state index contributed by atoms with van der Waals surface area (Å²) in [7, 11) is 2.09. The smallest absolute Gasteiger partial charge is 0.130 e. The molecule has 2 fully saturated rings. The molecule has 0 radical (unpaired) electrons. The van der Waals surface area contributed by atoms with Crippen molar-refractivity contribution in [3.63, 3.8) is 0 Å². The molecule has 0 N–H and O–H groups in total. The molecule has 4 rings (SSSR count). The Morgan fingerprint density at radius 3 is 1.68 bits per heavy atom. The van der Waals surface area contributed by atoms with Gasteiger partial charge in [-0.25, -0.2) is 0 Å². The summed E-state index contributed by atoms with van der Waals surface area (Å²) in [5, 5.41) is 1.66. The molecule has 186 valence electrons. The van der Waals surface area contributed by atoms with E-state index < -0.39 is 7.26 Å². The van der Waals surface area contributed by atoms with Gasteiger partial charge in [0.05, 0.1) is 44.5 Å². The van der Waals surface area contributed by atoms with Gasteiger partial charge in [-0.15, -0.1) is 0 Å². The highest BCUT2D eigenvalue weighted by molar-refractivity contribution is 7.84. The molecule has 2 aromatic rings. The maximum Gasteiger partial charge on any atom is 0.130 e. The van der Waals surface area contributed by atoms with Crippen molar-refractivity contribution in [3.05, 3.63) is 42.5 Å². The summed E-state index contributed by atoms with van der Waals surface area (Å²) in [6, 6.07) is 15.6. The zero-order valence-corrected chi connectivity index (χ0v) is 23.1. The standard InChI is InChI=1S/C31H46O2P/c1-31(2,3)23-34(24-15-8-6-9-16-24,25-17-10-7-11-18-25)29-22-13-12-19-26(29)30-27(32-4)20-14-21-28(30)33-5/h12-14,19-22,24-25H,6-11,15-18,23H2,1-5H3/q+1. The van der Waals surface area contributed by atoms with Gasteiger partial charge in [0.25, 0.3) is 0 Å². The maximum atomic E-state index is 5.93. The topological polar surface area (TPSA) is 18.5 Å². The normalized spacial score (nSPS) is 18.6. The first-order valence-corrected chi connectivity index (χ1v) is 15.7. The van der Waals surface area contributed by atoms with Gasteiger partial charge in [0.1, 0.15) is 16.8 Å². The monoisotopic (exact) mass is 481 g/mol. The van der Waals surface area contributed by atoms with Crippen LogP contribution in [0.15, 0.2) is 42.5 Å². The van der Waals surface area contributed by atoms with Crippen molar-refractivity contribution in [3.8, 4) is 22.6 Å². The lowest BCUT2D eigenvalue weighted by Crippen LogP contribution is -2.40. The Labute approximate surface area is 209 Å². The van der Waals surface area contributed by atoms with Crippen LogP contribution < -0.4 is 14.8 Å². The van der Waals surface area contributed by atoms with Gasteiger partial charge in [-0.05, 0) is 75.0 Å². The molecule has 0 atom stereocenters. The average Bonchev–Trinajstić information content (AvgIpc) is 2.87. The average molecular weight is 482 g/mol. The molecule has 3 heteroatoms. The molecule has 34 heavy (non-hydrogen) atoms. The Morgan fingerprint density at radius 1 is 0.706 bits per heavy atom. The second kappa shape index (κ2) is 11.0. The van der Waals surface area contributed by atoms with Crippen LogP contribution in [-0.2, 0) is 0 Å². The Balaban J connectivity index is 2.00.